The van der Waals surface area contributed by atoms with Gasteiger partial charge in [0.1, 0.15) is 11.9 Å². The molecule has 4 N–H and O–H groups in total. The Labute approximate surface area is 299 Å². The van der Waals surface area contributed by atoms with Crippen LogP contribution in [0.15, 0.2) is 70.4 Å². The summed E-state index contributed by atoms with van der Waals surface area (Å²) in [6, 6.07) is 3.92. The predicted octanol–water partition coefficient (Wildman–Crippen LogP) is 9.63. The molecule has 1 aromatic carbocycles. The molecule has 2 bridgehead atoms. The zero-order valence-corrected chi connectivity index (χ0v) is 31.9. The molecule has 1 heterocycles. The first-order chi connectivity index (χ1) is 23.2. The summed E-state index contributed by atoms with van der Waals surface area (Å²) in [6.07, 6.45) is 11.0. The number of carbonyl (C=O) groups excluding carboxylic acids is 2. The van der Waals surface area contributed by atoms with Crippen molar-refractivity contribution in [2.75, 3.05) is 0 Å². The van der Waals surface area contributed by atoms with Gasteiger partial charge in [-0.2, -0.15) is 0 Å². The Morgan fingerprint density at radius 1 is 0.920 bits per heavy atom. The third-order valence-corrected chi connectivity index (χ3v) is 11.8. The van der Waals surface area contributed by atoms with Crippen molar-refractivity contribution in [1.29, 1.82) is 0 Å². The third kappa shape index (κ3) is 7.18. The number of ether oxygens (including phenoxy) is 1. The fourth-order valence-electron chi connectivity index (χ4n) is 8.70. The zero-order valence-electron chi connectivity index (χ0n) is 31.9. The normalized spacial score (nSPS) is 30.7. The fourth-order valence-corrected chi connectivity index (χ4v) is 8.70. The SMILES string of the molecule is CC(C)=CCC/C(C)=C/C[C@@H]1C[C@@]2(CC=C(C)C)C(=O)C(=C(O)c3ccc(O)c(O)c3)C3O[C@@H](C(C)(C)O)CC[C@]1(C)[C@@]3(CC=C(C)C)C2=O. The molecule has 2 aliphatic carbocycles. The number of phenols is 2. The second-order valence-electron chi connectivity index (χ2n) is 16.8. The molecule has 6 atom stereocenters. The second kappa shape index (κ2) is 14.7. The molecule has 3 aliphatic rings. The number of aromatic hydroxyl groups is 2. The van der Waals surface area contributed by atoms with Crippen LogP contribution >= 0.6 is 0 Å². The van der Waals surface area contributed by atoms with Crippen LogP contribution in [0.2, 0.25) is 0 Å². The Morgan fingerprint density at radius 2 is 1.54 bits per heavy atom. The van der Waals surface area contributed by atoms with Gasteiger partial charge in [0, 0.05) is 5.56 Å². The van der Waals surface area contributed by atoms with Crippen molar-refractivity contribution < 1.29 is 34.8 Å². The minimum atomic E-state index is -1.46. The summed E-state index contributed by atoms with van der Waals surface area (Å²) in [5.74, 6) is -1.90. The van der Waals surface area contributed by atoms with Crippen LogP contribution in [-0.4, -0.2) is 49.8 Å². The Balaban J connectivity index is 2.10. The summed E-state index contributed by atoms with van der Waals surface area (Å²) in [6.45, 7) is 19.8. The number of phenolic OH excluding ortho intramolecular Hbond substituents is 2. The van der Waals surface area contributed by atoms with Gasteiger partial charge in [-0.3, -0.25) is 9.59 Å². The number of aliphatic hydroxyl groups is 2. The Morgan fingerprint density at radius 3 is 2.12 bits per heavy atom. The van der Waals surface area contributed by atoms with E-state index >= 15 is 9.59 Å². The summed E-state index contributed by atoms with van der Waals surface area (Å²) in [5, 5.41) is 44.1. The van der Waals surface area contributed by atoms with Crippen LogP contribution in [-0.2, 0) is 14.3 Å². The number of benzene rings is 1. The standard InChI is InChI=1S/C43H60O7/c1-26(2)12-11-13-29(7)14-16-31-25-42(22-18-27(3)4)37(47)35(36(46)30-15-17-32(44)33(45)24-30)38-43(39(42)48,23-19-28(5)6)41(31,10)21-20-34(50-38)40(8,9)49/h12,14-15,17-19,24,31,34,38,44-46,49H,11,13,16,20-23,25H2,1-10H3/b29-14+,36-35?/t31-,34-,38?,41+,42+,43-/m1/s1. The molecule has 2 saturated carbocycles. The molecule has 1 aromatic rings. The number of ketones is 2. The van der Waals surface area contributed by atoms with Crippen LogP contribution in [0, 0.1) is 22.2 Å². The van der Waals surface area contributed by atoms with Gasteiger partial charge in [-0.15, -0.1) is 0 Å². The molecule has 4 rings (SSSR count). The van der Waals surface area contributed by atoms with Crippen molar-refractivity contribution in [1.82, 2.24) is 0 Å². The number of allylic oxidation sites excluding steroid dienone is 8. The van der Waals surface area contributed by atoms with Gasteiger partial charge in [0.15, 0.2) is 23.1 Å². The monoisotopic (exact) mass is 688 g/mol. The number of carbonyl (C=O) groups is 2. The summed E-state index contributed by atoms with van der Waals surface area (Å²) in [7, 11) is 0. The first-order valence-electron chi connectivity index (χ1n) is 18.2. The molecule has 0 radical (unpaired) electrons. The molecule has 1 saturated heterocycles. The van der Waals surface area contributed by atoms with Crippen molar-refractivity contribution in [3.05, 3.63) is 75.9 Å². The van der Waals surface area contributed by atoms with Crippen LogP contribution in [0.25, 0.3) is 5.76 Å². The number of aliphatic hydroxyl groups excluding tert-OH is 1. The van der Waals surface area contributed by atoms with Gasteiger partial charge in [-0.25, -0.2) is 0 Å². The molecular formula is C43H60O7. The molecule has 1 unspecified atom stereocenters. The topological polar surface area (TPSA) is 124 Å². The molecule has 50 heavy (non-hydrogen) atoms. The van der Waals surface area contributed by atoms with E-state index in [1.54, 1.807) is 13.8 Å². The molecule has 0 aromatic heterocycles. The smallest absolute Gasteiger partial charge is 0.179 e. The Hall–Kier alpha value is -3.42. The van der Waals surface area contributed by atoms with Crippen LogP contribution in [0.4, 0.5) is 0 Å². The highest BCUT2D eigenvalue weighted by Gasteiger charge is 2.75. The number of hydrogen-bond acceptors (Lipinski definition) is 7. The van der Waals surface area contributed by atoms with Crippen molar-refractivity contribution in [2.45, 2.75) is 138 Å². The minimum absolute atomic E-state index is 0.00623. The lowest BCUT2D eigenvalue weighted by Crippen LogP contribution is -2.71. The maximum atomic E-state index is 15.7. The van der Waals surface area contributed by atoms with Crippen LogP contribution in [0.3, 0.4) is 0 Å². The third-order valence-electron chi connectivity index (χ3n) is 11.8. The summed E-state index contributed by atoms with van der Waals surface area (Å²) in [4.78, 5) is 31.0. The minimum Gasteiger partial charge on any atom is -0.507 e. The van der Waals surface area contributed by atoms with Gasteiger partial charge < -0.3 is 25.2 Å². The van der Waals surface area contributed by atoms with Crippen LogP contribution in [0.5, 0.6) is 11.5 Å². The van der Waals surface area contributed by atoms with E-state index in [-0.39, 0.29) is 35.0 Å². The average Bonchev–Trinajstić information content (AvgIpc) is 3.16. The largest absolute Gasteiger partial charge is 0.507 e. The fraction of sp³-hybridized carbons (Fsp3) is 0.581. The molecule has 1 aliphatic heterocycles. The molecule has 7 heteroatoms. The number of rotatable bonds is 11. The van der Waals surface area contributed by atoms with E-state index in [0.29, 0.717) is 32.1 Å². The average molecular weight is 689 g/mol. The van der Waals surface area contributed by atoms with Crippen molar-refractivity contribution in [2.24, 2.45) is 22.2 Å². The Kier molecular flexibility index (Phi) is 11.6. The van der Waals surface area contributed by atoms with E-state index in [1.807, 2.05) is 33.8 Å². The van der Waals surface area contributed by atoms with E-state index in [2.05, 4.69) is 45.9 Å². The summed E-state index contributed by atoms with van der Waals surface area (Å²) >= 11 is 0. The number of fused-ring (bicyclic) bond motifs is 1. The lowest BCUT2D eigenvalue weighted by Gasteiger charge is -2.64. The summed E-state index contributed by atoms with van der Waals surface area (Å²) < 4.78 is 6.92. The van der Waals surface area contributed by atoms with Gasteiger partial charge in [0.25, 0.3) is 0 Å². The Bertz CT molecular complexity index is 1640. The van der Waals surface area contributed by atoms with Crippen molar-refractivity contribution in [3.8, 4) is 11.5 Å². The highest BCUT2D eigenvalue weighted by Crippen LogP contribution is 2.70. The molecule has 0 spiro atoms. The van der Waals surface area contributed by atoms with Crippen molar-refractivity contribution >= 4 is 17.3 Å². The van der Waals surface area contributed by atoms with Crippen LogP contribution in [0.1, 0.15) is 126 Å². The van der Waals surface area contributed by atoms with Gasteiger partial charge >= 0.3 is 0 Å². The predicted molar refractivity (Wildman–Crippen MR) is 200 cm³/mol. The van der Waals surface area contributed by atoms with E-state index in [4.69, 9.17) is 4.74 Å². The maximum Gasteiger partial charge on any atom is 0.179 e. The van der Waals surface area contributed by atoms with Gasteiger partial charge in [-0.1, -0.05) is 53.5 Å². The van der Waals surface area contributed by atoms with Crippen LogP contribution < -0.4 is 0 Å². The molecule has 3 fully saturated rings. The van der Waals surface area contributed by atoms with E-state index in [9.17, 15) is 20.4 Å². The summed E-state index contributed by atoms with van der Waals surface area (Å²) in [5.41, 5.74) is -0.0392. The highest BCUT2D eigenvalue weighted by atomic mass is 16.5. The van der Waals surface area contributed by atoms with Gasteiger partial charge in [-0.05, 0) is 143 Å². The van der Waals surface area contributed by atoms with E-state index < -0.39 is 51.3 Å². The number of Topliss-reactive ketones (excluding diaryl/α,β-unsaturated/α-hetero) is 2. The lowest BCUT2D eigenvalue weighted by atomic mass is 9.37. The van der Waals surface area contributed by atoms with Gasteiger partial charge in [0.05, 0.1) is 28.1 Å². The van der Waals surface area contributed by atoms with Gasteiger partial charge in [0.2, 0.25) is 0 Å². The highest BCUT2D eigenvalue weighted by molar-refractivity contribution is 6.23. The molecule has 0 amide bonds. The quantitative estimate of drug-likeness (QED) is 0.0600. The first kappa shape index (κ1) is 39.4. The van der Waals surface area contributed by atoms with E-state index in [0.717, 1.165) is 24.0 Å². The lowest BCUT2D eigenvalue weighted by molar-refractivity contribution is -0.199. The molecule has 7 nitrogen and oxygen atoms in total. The molecule has 274 valence electrons. The zero-order chi connectivity index (χ0) is 37.4. The first-order valence-corrected chi connectivity index (χ1v) is 18.2. The molecular weight excluding hydrogens is 628 g/mol. The van der Waals surface area contributed by atoms with Crippen molar-refractivity contribution in [3.63, 3.8) is 0 Å². The maximum absolute atomic E-state index is 15.7. The second-order valence-corrected chi connectivity index (χ2v) is 16.8. The number of hydrogen-bond donors (Lipinski definition) is 4. The van der Waals surface area contributed by atoms with E-state index in [1.165, 1.54) is 29.3 Å².